The van der Waals surface area contributed by atoms with E-state index >= 15 is 0 Å². The topological polar surface area (TPSA) is 143 Å². The molecule has 9 nitrogen and oxygen atoms in total. The van der Waals surface area contributed by atoms with E-state index in [0.717, 1.165) is 17.5 Å². The molecular weight excluding hydrogens is 542 g/mol. The molecule has 0 amide bonds. The zero-order valence-electron chi connectivity index (χ0n) is 19.2. The summed E-state index contributed by atoms with van der Waals surface area (Å²) in [4.78, 5) is 12.2. The van der Waals surface area contributed by atoms with Gasteiger partial charge in [0, 0.05) is 0 Å². The standard InChI is InChI=1S/C13H28N2OP2.6CO.2Fe/c1-9(2)14(10(3)4)17-13(16)18-15(11(5)6)12(7)8;6*1-2;;/h9-12H,1-8H3;;;;;;;;/q-2;;;;;;;2*+4. The minimum Gasteiger partial charge on any atom is 4.00 e. The van der Waals surface area contributed by atoms with Crippen molar-refractivity contribution in [3.05, 3.63) is 39.9 Å². The zero-order chi connectivity index (χ0) is 26.5. The van der Waals surface area contributed by atoms with Gasteiger partial charge in [-0.25, -0.2) is 0 Å². The molecule has 0 saturated heterocycles. The summed E-state index contributed by atoms with van der Waals surface area (Å²) in [5.41, 5.74) is 0. The van der Waals surface area contributed by atoms with Gasteiger partial charge in [0.05, 0.1) is 0 Å². The first-order valence-electron chi connectivity index (χ1n) is 7.93. The third-order valence-corrected chi connectivity index (χ3v) is 5.71. The second kappa shape index (κ2) is 52.7. The largest absolute Gasteiger partial charge is 4.00 e. The van der Waals surface area contributed by atoms with E-state index in [2.05, 4.69) is 105 Å². The maximum atomic E-state index is 12.2. The summed E-state index contributed by atoms with van der Waals surface area (Å²) in [6, 6.07) is 1.60. The Kier molecular flexibility index (Phi) is 95.7. The van der Waals surface area contributed by atoms with Crippen LogP contribution in [0.25, 0.3) is 0 Å². The van der Waals surface area contributed by atoms with E-state index in [0.29, 0.717) is 24.2 Å². The fourth-order valence-electron chi connectivity index (χ4n) is 1.87. The van der Waals surface area contributed by atoms with Crippen molar-refractivity contribution in [1.29, 1.82) is 0 Å². The number of hydrogen-bond donors (Lipinski definition) is 0. The van der Waals surface area contributed by atoms with E-state index in [9.17, 15) is 4.79 Å². The average molecular weight is 570 g/mol. The van der Waals surface area contributed by atoms with Crippen molar-refractivity contribution in [1.82, 2.24) is 9.34 Å². The summed E-state index contributed by atoms with van der Waals surface area (Å²) < 4.78 is 49.4. The number of rotatable bonds is 8. The number of carbonyl (C=O) groups is 1. The van der Waals surface area contributed by atoms with Gasteiger partial charge in [-0.15, -0.1) is 5.27 Å². The molecule has 0 unspecified atom stereocenters. The van der Waals surface area contributed by atoms with Crippen molar-refractivity contribution in [3.8, 4) is 0 Å². The third-order valence-electron chi connectivity index (χ3n) is 2.52. The molecule has 0 aliphatic heterocycles. The zero-order valence-corrected chi connectivity index (χ0v) is 23.2. The van der Waals surface area contributed by atoms with Gasteiger partial charge < -0.3 is 31.6 Å². The first kappa shape index (κ1) is 58.1. The predicted octanol–water partition coefficient (Wildman–Crippen LogP) is 4.84. The molecule has 13 heteroatoms. The fourth-order valence-corrected chi connectivity index (χ4v) is 3.97. The quantitative estimate of drug-likeness (QED) is 0.178. The second-order valence-electron chi connectivity index (χ2n) is 5.62. The van der Waals surface area contributed by atoms with Gasteiger partial charge in [-0.2, -0.15) is 0 Å². The minimum absolute atomic E-state index is 0. The van der Waals surface area contributed by atoms with E-state index in [-0.39, 0.29) is 39.4 Å². The van der Waals surface area contributed by atoms with Crippen LogP contribution in [0.4, 0.5) is 4.79 Å². The normalized spacial score (nSPS) is 8.31. The van der Waals surface area contributed by atoms with Crippen molar-refractivity contribution in [2.45, 2.75) is 79.6 Å². The summed E-state index contributed by atoms with van der Waals surface area (Å²) in [5, 5.41) is 0.264. The minimum atomic E-state index is 0. The van der Waals surface area contributed by atoms with Crippen LogP contribution in [-0.2, 0) is 62.1 Å². The number of carbonyl (C=O) groups excluding carboxylic acids is 1. The van der Waals surface area contributed by atoms with Gasteiger partial charge in [0.25, 0.3) is 0 Å². The molecule has 0 bridgehead atoms. The Balaban J connectivity index is -0.0000000465. The van der Waals surface area contributed by atoms with Gasteiger partial charge in [0.1, 0.15) is 0 Å². The van der Waals surface area contributed by atoms with Gasteiger partial charge in [-0.3, -0.25) is 0 Å². The van der Waals surface area contributed by atoms with Crippen LogP contribution in [0.15, 0.2) is 0 Å². The van der Waals surface area contributed by atoms with Crippen LogP contribution in [0.5, 0.6) is 0 Å². The van der Waals surface area contributed by atoms with E-state index < -0.39 is 0 Å². The van der Waals surface area contributed by atoms with Crippen LogP contribution in [-0.4, -0.2) is 38.8 Å². The van der Waals surface area contributed by atoms with Gasteiger partial charge in [-0.05, 0) is 24.2 Å². The summed E-state index contributed by atoms with van der Waals surface area (Å²) in [7, 11) is 1.64. The Hall–Kier alpha value is -0.0710. The Labute approximate surface area is 217 Å². The molecule has 0 aliphatic rings. The van der Waals surface area contributed by atoms with Crippen LogP contribution in [0.3, 0.4) is 0 Å². The Morgan fingerprint density at radius 2 is 0.625 bits per heavy atom. The van der Waals surface area contributed by atoms with Crippen LogP contribution < -0.4 is 0 Å². The van der Waals surface area contributed by atoms with Crippen LogP contribution in [0, 0.1) is 39.9 Å². The molecule has 0 fully saturated rings. The maximum Gasteiger partial charge on any atom is 4.00 e. The van der Waals surface area contributed by atoms with Crippen molar-refractivity contribution in [2.24, 2.45) is 0 Å². The van der Waals surface area contributed by atoms with Gasteiger partial charge in [-0.1, -0.05) is 55.4 Å². The molecule has 0 saturated carbocycles. The van der Waals surface area contributed by atoms with E-state index in [4.69, 9.17) is 27.9 Å². The predicted molar refractivity (Wildman–Crippen MR) is 107 cm³/mol. The van der Waals surface area contributed by atoms with Crippen molar-refractivity contribution >= 4 is 22.7 Å². The van der Waals surface area contributed by atoms with Crippen molar-refractivity contribution in [2.75, 3.05) is 0 Å². The van der Waals surface area contributed by atoms with Crippen LogP contribution in [0.1, 0.15) is 55.4 Å². The Morgan fingerprint density at radius 1 is 0.500 bits per heavy atom. The Morgan fingerprint density at radius 3 is 0.719 bits per heavy atom. The van der Waals surface area contributed by atoms with E-state index in [1.165, 1.54) is 0 Å². The van der Waals surface area contributed by atoms with Gasteiger partial charge in [0.2, 0.25) is 0 Å². The molecular formula is C19H28Fe2N2O7P2+6. The van der Waals surface area contributed by atoms with E-state index in [1.807, 2.05) is 0 Å². The summed E-state index contributed by atoms with van der Waals surface area (Å²) in [6.45, 7) is 44.1. The summed E-state index contributed by atoms with van der Waals surface area (Å²) in [6.07, 6.45) is 0. The Bertz CT molecular complexity index is 407. The second-order valence-corrected chi connectivity index (χ2v) is 8.11. The molecule has 0 aliphatic carbocycles. The fraction of sp³-hybridized carbons (Fsp3) is 0.632. The van der Waals surface area contributed by atoms with Gasteiger partial charge >= 0.3 is 102 Å². The molecule has 0 aromatic carbocycles. The first-order valence-corrected chi connectivity index (χ1v) is 9.62. The third kappa shape index (κ3) is 43.7. The van der Waals surface area contributed by atoms with Crippen LogP contribution >= 0.6 is 17.5 Å². The van der Waals surface area contributed by atoms with Crippen molar-refractivity contribution < 1.29 is 66.8 Å². The molecule has 0 aromatic heterocycles. The molecule has 0 spiro atoms. The van der Waals surface area contributed by atoms with Gasteiger partial charge in [0.15, 0.2) is 0 Å². The molecule has 0 heterocycles. The molecule has 0 radical (unpaired) electrons. The molecule has 0 atom stereocenters. The SMILES string of the molecule is CC(C)N([P-]C(=O)[P-]N(C(C)C)C(C)C)C(C)C.[C-]#[O+].[C-]#[O+].[C-]#[O+].[C-]#[O+].[C-]#[O+].[C-]#[O+].[Fe+4].[Fe+4]. The summed E-state index contributed by atoms with van der Waals surface area (Å²) in [5.74, 6) is 0. The smallest absolute Gasteiger partial charge is 4.00 e. The van der Waals surface area contributed by atoms with E-state index in [1.54, 1.807) is 0 Å². The average Bonchev–Trinajstić information content (AvgIpc) is 2.78. The monoisotopic (exact) mass is 570 g/mol. The molecule has 32 heavy (non-hydrogen) atoms. The van der Waals surface area contributed by atoms with Crippen molar-refractivity contribution in [3.63, 3.8) is 0 Å². The molecule has 0 aromatic rings. The number of nitrogens with zero attached hydrogens (tertiary/aromatic N) is 2. The molecule has 0 rings (SSSR count). The first-order chi connectivity index (χ1) is 14.2. The number of hydrogen-bond acceptors (Lipinski definition) is 3. The molecule has 0 N–H and O–H groups in total. The summed E-state index contributed by atoms with van der Waals surface area (Å²) >= 11 is 0. The molecule has 176 valence electrons. The van der Waals surface area contributed by atoms with Crippen LogP contribution in [0.2, 0.25) is 0 Å². The maximum absolute atomic E-state index is 12.2.